The Morgan fingerprint density at radius 3 is 1.83 bits per heavy atom. The van der Waals surface area contributed by atoms with Gasteiger partial charge < -0.3 is 0 Å². The summed E-state index contributed by atoms with van der Waals surface area (Å²) in [6.45, 7) is 4.54. The molecule has 0 spiro atoms. The molecular formula is C23H36. The summed E-state index contributed by atoms with van der Waals surface area (Å²) in [5.41, 5.74) is 2.98. The molecule has 0 nitrogen and oxygen atoms in total. The van der Waals surface area contributed by atoms with Crippen molar-refractivity contribution >= 4 is 0 Å². The lowest BCUT2D eigenvalue weighted by atomic mass is 9.72. The molecule has 0 heteroatoms. The molecule has 0 atom stereocenters. The predicted octanol–water partition coefficient (Wildman–Crippen LogP) is 7.27. The molecule has 0 heterocycles. The third kappa shape index (κ3) is 4.85. The highest BCUT2D eigenvalue weighted by atomic mass is 14.3. The fraction of sp³-hybridized carbons (Fsp3) is 0.739. The molecule has 1 aromatic rings. The van der Waals surface area contributed by atoms with Crippen LogP contribution in [0.2, 0.25) is 0 Å². The van der Waals surface area contributed by atoms with Gasteiger partial charge in [-0.05, 0) is 68.3 Å². The summed E-state index contributed by atoms with van der Waals surface area (Å²) in [5, 5.41) is 0. The predicted molar refractivity (Wildman–Crippen MR) is 101 cm³/mol. The van der Waals surface area contributed by atoms with Gasteiger partial charge in [-0.25, -0.2) is 0 Å². The van der Waals surface area contributed by atoms with Crippen LogP contribution in [-0.4, -0.2) is 0 Å². The van der Waals surface area contributed by atoms with Gasteiger partial charge in [-0.15, -0.1) is 0 Å². The zero-order chi connectivity index (χ0) is 16.1. The van der Waals surface area contributed by atoms with Crippen LogP contribution in [0.3, 0.4) is 0 Å². The van der Waals surface area contributed by atoms with Gasteiger partial charge in [-0.1, -0.05) is 75.3 Å². The van der Waals surface area contributed by atoms with Gasteiger partial charge in [0.15, 0.2) is 0 Å². The first-order valence-electron chi connectivity index (χ1n) is 10.3. The lowest BCUT2D eigenvalue weighted by molar-refractivity contribution is 0.200. The quantitative estimate of drug-likeness (QED) is 0.536. The molecule has 23 heavy (non-hydrogen) atoms. The maximum Gasteiger partial charge on any atom is -0.0162 e. The molecule has 128 valence electrons. The van der Waals surface area contributed by atoms with Crippen LogP contribution >= 0.6 is 0 Å². The molecule has 0 bridgehead atoms. The van der Waals surface area contributed by atoms with Gasteiger partial charge in [0.2, 0.25) is 0 Å². The number of benzene rings is 1. The molecule has 3 rings (SSSR count). The Balaban J connectivity index is 1.40. The van der Waals surface area contributed by atoms with E-state index in [0.717, 1.165) is 23.7 Å². The van der Waals surface area contributed by atoms with Gasteiger partial charge in [-0.2, -0.15) is 0 Å². The maximum absolute atomic E-state index is 2.37. The van der Waals surface area contributed by atoms with Crippen LogP contribution in [0.5, 0.6) is 0 Å². The molecule has 0 amide bonds. The molecule has 0 radical (unpaired) electrons. The Labute approximate surface area is 144 Å². The molecule has 2 aliphatic carbocycles. The third-order valence-corrected chi connectivity index (χ3v) is 6.73. The van der Waals surface area contributed by atoms with E-state index in [1.807, 2.05) is 0 Å². The van der Waals surface area contributed by atoms with Crippen LogP contribution in [0.15, 0.2) is 24.3 Å². The standard InChI is InChI=1S/C23H36/c1-3-4-19-7-9-20(10-8-19)17-21-11-15-23(16-12-21)22-13-5-18(2)6-14-22/h5-6,13-14,19-21,23H,3-4,7-12,15-17H2,1-2H3. The summed E-state index contributed by atoms with van der Waals surface area (Å²) in [5.74, 6) is 3.99. The van der Waals surface area contributed by atoms with Crippen molar-refractivity contribution in [1.82, 2.24) is 0 Å². The van der Waals surface area contributed by atoms with Crippen molar-refractivity contribution in [3.63, 3.8) is 0 Å². The Bertz CT molecular complexity index is 441. The first-order chi connectivity index (χ1) is 11.2. The van der Waals surface area contributed by atoms with E-state index in [4.69, 9.17) is 0 Å². The molecule has 0 saturated heterocycles. The summed E-state index contributed by atoms with van der Waals surface area (Å²) in [4.78, 5) is 0. The van der Waals surface area contributed by atoms with Crippen LogP contribution in [0.1, 0.15) is 94.6 Å². The minimum atomic E-state index is 0.840. The van der Waals surface area contributed by atoms with Crippen molar-refractivity contribution in [3.05, 3.63) is 35.4 Å². The fourth-order valence-corrected chi connectivity index (χ4v) is 5.21. The zero-order valence-electron chi connectivity index (χ0n) is 15.4. The van der Waals surface area contributed by atoms with Crippen molar-refractivity contribution in [2.75, 3.05) is 0 Å². The monoisotopic (exact) mass is 312 g/mol. The van der Waals surface area contributed by atoms with E-state index in [2.05, 4.69) is 38.1 Å². The van der Waals surface area contributed by atoms with Crippen LogP contribution in [-0.2, 0) is 0 Å². The van der Waals surface area contributed by atoms with Crippen molar-refractivity contribution in [3.8, 4) is 0 Å². The fourth-order valence-electron chi connectivity index (χ4n) is 5.21. The summed E-state index contributed by atoms with van der Waals surface area (Å²) in [7, 11) is 0. The molecule has 0 aliphatic heterocycles. The number of hydrogen-bond donors (Lipinski definition) is 0. The second kappa shape index (κ2) is 8.36. The Kier molecular flexibility index (Phi) is 6.20. The van der Waals surface area contributed by atoms with Gasteiger partial charge >= 0.3 is 0 Å². The smallest absolute Gasteiger partial charge is 0.0162 e. The molecule has 2 fully saturated rings. The minimum Gasteiger partial charge on any atom is -0.0654 e. The van der Waals surface area contributed by atoms with Crippen LogP contribution < -0.4 is 0 Å². The molecule has 1 aromatic carbocycles. The lowest BCUT2D eigenvalue weighted by Gasteiger charge is -2.34. The summed E-state index contributed by atoms with van der Waals surface area (Å²) < 4.78 is 0. The number of rotatable bonds is 5. The van der Waals surface area contributed by atoms with Gasteiger partial charge in [-0.3, -0.25) is 0 Å². The Hall–Kier alpha value is -0.780. The molecule has 2 aliphatic rings. The van der Waals surface area contributed by atoms with Crippen LogP contribution in [0, 0.1) is 24.7 Å². The maximum atomic E-state index is 2.37. The molecule has 0 unspecified atom stereocenters. The lowest BCUT2D eigenvalue weighted by Crippen LogP contribution is -2.20. The van der Waals surface area contributed by atoms with Gasteiger partial charge in [0.05, 0.1) is 0 Å². The first-order valence-corrected chi connectivity index (χ1v) is 10.3. The summed E-state index contributed by atoms with van der Waals surface area (Å²) >= 11 is 0. The number of aryl methyl sites for hydroxylation is 1. The summed E-state index contributed by atoms with van der Waals surface area (Å²) in [6.07, 6.45) is 16.3. The third-order valence-electron chi connectivity index (χ3n) is 6.73. The molecular weight excluding hydrogens is 276 g/mol. The highest BCUT2D eigenvalue weighted by molar-refractivity contribution is 5.24. The SMILES string of the molecule is CCCC1CCC(CC2CCC(c3ccc(C)cc3)CC2)CC1. The van der Waals surface area contributed by atoms with E-state index in [1.165, 1.54) is 69.8 Å². The van der Waals surface area contributed by atoms with Crippen molar-refractivity contribution in [2.24, 2.45) is 17.8 Å². The Morgan fingerprint density at radius 2 is 1.26 bits per heavy atom. The van der Waals surface area contributed by atoms with E-state index in [9.17, 15) is 0 Å². The Morgan fingerprint density at radius 1 is 0.739 bits per heavy atom. The number of hydrogen-bond acceptors (Lipinski definition) is 0. The molecule has 0 aromatic heterocycles. The largest absolute Gasteiger partial charge is 0.0654 e. The second-order valence-corrected chi connectivity index (χ2v) is 8.54. The molecule has 0 N–H and O–H groups in total. The van der Waals surface area contributed by atoms with Crippen molar-refractivity contribution < 1.29 is 0 Å². The van der Waals surface area contributed by atoms with Crippen LogP contribution in [0.4, 0.5) is 0 Å². The average Bonchev–Trinajstić information content (AvgIpc) is 2.58. The minimum absolute atomic E-state index is 0.840. The first kappa shape index (κ1) is 17.1. The van der Waals surface area contributed by atoms with Gasteiger partial charge in [0.25, 0.3) is 0 Å². The van der Waals surface area contributed by atoms with E-state index in [1.54, 1.807) is 12.0 Å². The van der Waals surface area contributed by atoms with E-state index >= 15 is 0 Å². The topological polar surface area (TPSA) is 0 Å². The van der Waals surface area contributed by atoms with Gasteiger partial charge in [0, 0.05) is 0 Å². The van der Waals surface area contributed by atoms with Crippen LogP contribution in [0.25, 0.3) is 0 Å². The van der Waals surface area contributed by atoms with Crippen molar-refractivity contribution in [1.29, 1.82) is 0 Å². The summed E-state index contributed by atoms with van der Waals surface area (Å²) in [6, 6.07) is 9.32. The highest BCUT2D eigenvalue weighted by Crippen LogP contribution is 2.41. The molecule has 2 saturated carbocycles. The second-order valence-electron chi connectivity index (χ2n) is 8.54. The van der Waals surface area contributed by atoms with E-state index in [-0.39, 0.29) is 0 Å². The van der Waals surface area contributed by atoms with Crippen molar-refractivity contribution in [2.45, 2.75) is 90.4 Å². The van der Waals surface area contributed by atoms with E-state index < -0.39 is 0 Å². The normalized spacial score (nSPS) is 31.9. The highest BCUT2D eigenvalue weighted by Gasteiger charge is 2.27. The van der Waals surface area contributed by atoms with Gasteiger partial charge in [0.1, 0.15) is 0 Å². The average molecular weight is 313 g/mol. The van der Waals surface area contributed by atoms with E-state index in [0.29, 0.717) is 0 Å². The zero-order valence-corrected chi connectivity index (χ0v) is 15.4.